The van der Waals surface area contributed by atoms with Gasteiger partial charge in [-0.1, -0.05) is 6.07 Å². The number of ether oxygens (including phenoxy) is 3. The van der Waals surface area contributed by atoms with Gasteiger partial charge in [0, 0.05) is 33.9 Å². The standard InChI is InChI=1S/C20H32N2O4/c1-24-8-4-5-16-11-17(13-19(12-16)26-10-9-25-2)14-22-20(23)18-6-3-7-21-15-18/h11-13,18,21H,3-10,14-15H2,1-2H3,(H,22,23). The van der Waals surface area contributed by atoms with Crippen LogP contribution in [0.4, 0.5) is 0 Å². The van der Waals surface area contributed by atoms with Crippen LogP contribution in [0.25, 0.3) is 0 Å². The zero-order valence-electron chi connectivity index (χ0n) is 16.0. The maximum Gasteiger partial charge on any atom is 0.224 e. The second-order valence-corrected chi connectivity index (χ2v) is 6.68. The van der Waals surface area contributed by atoms with E-state index in [-0.39, 0.29) is 11.8 Å². The van der Waals surface area contributed by atoms with Gasteiger partial charge in [-0.2, -0.15) is 0 Å². The molecule has 1 aromatic carbocycles. The first-order valence-electron chi connectivity index (χ1n) is 9.45. The first-order chi connectivity index (χ1) is 12.7. The predicted molar refractivity (Wildman–Crippen MR) is 101 cm³/mol. The van der Waals surface area contributed by atoms with Crippen molar-refractivity contribution in [2.45, 2.75) is 32.2 Å². The Morgan fingerprint density at radius 2 is 1.96 bits per heavy atom. The van der Waals surface area contributed by atoms with Crippen molar-refractivity contribution < 1.29 is 19.0 Å². The molecule has 2 rings (SSSR count). The Hall–Kier alpha value is -1.63. The summed E-state index contributed by atoms with van der Waals surface area (Å²) in [6.45, 7) is 4.10. The number of rotatable bonds is 11. The highest BCUT2D eigenvalue weighted by Gasteiger charge is 2.20. The van der Waals surface area contributed by atoms with Crippen molar-refractivity contribution in [2.75, 3.05) is 47.1 Å². The molecule has 0 bridgehead atoms. The van der Waals surface area contributed by atoms with Crippen LogP contribution < -0.4 is 15.4 Å². The van der Waals surface area contributed by atoms with Crippen molar-refractivity contribution in [3.63, 3.8) is 0 Å². The summed E-state index contributed by atoms with van der Waals surface area (Å²) in [5.74, 6) is 1.02. The van der Waals surface area contributed by atoms with Crippen molar-refractivity contribution in [1.29, 1.82) is 0 Å². The molecule has 6 heteroatoms. The first kappa shape index (κ1) is 20.7. The Morgan fingerprint density at radius 3 is 2.69 bits per heavy atom. The van der Waals surface area contributed by atoms with Crippen LogP contribution in [0.1, 0.15) is 30.4 Å². The number of carbonyl (C=O) groups is 1. The largest absolute Gasteiger partial charge is 0.491 e. The van der Waals surface area contributed by atoms with Gasteiger partial charge >= 0.3 is 0 Å². The molecule has 1 atom stereocenters. The SMILES string of the molecule is COCCCc1cc(CNC(=O)C2CCCNC2)cc(OCCOC)c1. The normalized spacial score (nSPS) is 17.1. The Labute approximate surface area is 156 Å². The van der Waals surface area contributed by atoms with E-state index in [0.29, 0.717) is 19.8 Å². The topological polar surface area (TPSA) is 68.8 Å². The fourth-order valence-electron chi connectivity index (χ4n) is 3.13. The zero-order chi connectivity index (χ0) is 18.6. The monoisotopic (exact) mass is 364 g/mol. The lowest BCUT2D eigenvalue weighted by atomic mass is 9.98. The molecule has 1 fully saturated rings. The van der Waals surface area contributed by atoms with Gasteiger partial charge in [-0.3, -0.25) is 4.79 Å². The predicted octanol–water partition coefficient (Wildman–Crippen LogP) is 1.91. The van der Waals surface area contributed by atoms with Crippen LogP contribution in [0.15, 0.2) is 18.2 Å². The summed E-state index contributed by atoms with van der Waals surface area (Å²) in [4.78, 5) is 12.3. The number of aryl methyl sites for hydroxylation is 1. The molecule has 0 aliphatic carbocycles. The minimum Gasteiger partial charge on any atom is -0.491 e. The smallest absolute Gasteiger partial charge is 0.224 e. The summed E-state index contributed by atoms with van der Waals surface area (Å²) in [5.41, 5.74) is 2.25. The van der Waals surface area contributed by atoms with Gasteiger partial charge in [0.15, 0.2) is 0 Å². The zero-order valence-corrected chi connectivity index (χ0v) is 16.0. The molecule has 1 amide bonds. The third-order valence-electron chi connectivity index (χ3n) is 4.53. The quantitative estimate of drug-likeness (QED) is 0.587. The van der Waals surface area contributed by atoms with Gasteiger partial charge < -0.3 is 24.8 Å². The fourth-order valence-corrected chi connectivity index (χ4v) is 3.13. The molecule has 1 unspecified atom stereocenters. The number of hydrogen-bond acceptors (Lipinski definition) is 5. The van der Waals surface area contributed by atoms with E-state index in [9.17, 15) is 4.79 Å². The minimum atomic E-state index is 0.0751. The van der Waals surface area contributed by atoms with E-state index in [1.807, 2.05) is 6.07 Å². The molecule has 146 valence electrons. The van der Waals surface area contributed by atoms with E-state index in [4.69, 9.17) is 14.2 Å². The van der Waals surface area contributed by atoms with E-state index in [1.165, 1.54) is 5.56 Å². The molecule has 1 aliphatic heterocycles. The van der Waals surface area contributed by atoms with Gasteiger partial charge in [-0.25, -0.2) is 0 Å². The van der Waals surface area contributed by atoms with E-state index in [1.54, 1.807) is 14.2 Å². The Kier molecular flexibility index (Phi) is 9.45. The number of piperidine rings is 1. The van der Waals surface area contributed by atoms with Crippen molar-refractivity contribution >= 4 is 5.91 Å². The van der Waals surface area contributed by atoms with Crippen LogP contribution in [0.3, 0.4) is 0 Å². The maximum atomic E-state index is 12.3. The molecule has 0 aromatic heterocycles. The molecular formula is C20H32N2O4. The Bertz CT molecular complexity index is 516. The average Bonchev–Trinajstić information content (AvgIpc) is 2.67. The highest BCUT2D eigenvalue weighted by atomic mass is 16.5. The molecule has 1 saturated heterocycles. The summed E-state index contributed by atoms with van der Waals surface area (Å²) < 4.78 is 16.0. The van der Waals surface area contributed by atoms with Crippen molar-refractivity contribution in [1.82, 2.24) is 10.6 Å². The van der Waals surface area contributed by atoms with Crippen molar-refractivity contribution in [3.05, 3.63) is 29.3 Å². The molecule has 0 spiro atoms. The van der Waals surface area contributed by atoms with Crippen LogP contribution in [0, 0.1) is 5.92 Å². The lowest BCUT2D eigenvalue weighted by molar-refractivity contribution is -0.125. The third-order valence-corrected chi connectivity index (χ3v) is 4.53. The van der Waals surface area contributed by atoms with Crippen LogP contribution >= 0.6 is 0 Å². The molecule has 1 aliphatic rings. The van der Waals surface area contributed by atoms with Gasteiger partial charge in [0.1, 0.15) is 12.4 Å². The number of methoxy groups -OCH3 is 2. The van der Waals surface area contributed by atoms with Crippen molar-refractivity contribution in [3.8, 4) is 5.75 Å². The Balaban J connectivity index is 1.95. The average molecular weight is 364 g/mol. The van der Waals surface area contributed by atoms with Gasteiger partial charge in [0.05, 0.1) is 12.5 Å². The number of amides is 1. The highest BCUT2D eigenvalue weighted by molar-refractivity contribution is 5.79. The lowest BCUT2D eigenvalue weighted by Crippen LogP contribution is -2.40. The summed E-state index contributed by atoms with van der Waals surface area (Å²) in [6, 6.07) is 6.19. The summed E-state index contributed by atoms with van der Waals surface area (Å²) in [6.07, 6.45) is 3.90. The van der Waals surface area contributed by atoms with Gasteiger partial charge in [0.2, 0.25) is 5.91 Å². The second-order valence-electron chi connectivity index (χ2n) is 6.68. The minimum absolute atomic E-state index is 0.0751. The van der Waals surface area contributed by atoms with E-state index in [2.05, 4.69) is 22.8 Å². The summed E-state index contributed by atoms with van der Waals surface area (Å²) >= 11 is 0. The molecule has 6 nitrogen and oxygen atoms in total. The second kappa shape index (κ2) is 11.9. The number of benzene rings is 1. The van der Waals surface area contributed by atoms with E-state index >= 15 is 0 Å². The molecule has 0 saturated carbocycles. The molecular weight excluding hydrogens is 332 g/mol. The van der Waals surface area contributed by atoms with Crippen LogP contribution in [0.2, 0.25) is 0 Å². The highest BCUT2D eigenvalue weighted by Crippen LogP contribution is 2.19. The van der Waals surface area contributed by atoms with E-state index in [0.717, 1.165) is 56.7 Å². The molecule has 1 heterocycles. The van der Waals surface area contributed by atoms with Gasteiger partial charge in [-0.15, -0.1) is 0 Å². The van der Waals surface area contributed by atoms with Gasteiger partial charge in [0.25, 0.3) is 0 Å². The van der Waals surface area contributed by atoms with Crippen LogP contribution in [-0.4, -0.2) is 53.0 Å². The Morgan fingerprint density at radius 1 is 1.15 bits per heavy atom. The molecule has 0 radical (unpaired) electrons. The fraction of sp³-hybridized carbons (Fsp3) is 0.650. The van der Waals surface area contributed by atoms with E-state index < -0.39 is 0 Å². The third kappa shape index (κ3) is 7.32. The molecule has 1 aromatic rings. The van der Waals surface area contributed by atoms with Gasteiger partial charge in [-0.05, 0) is 55.5 Å². The summed E-state index contributed by atoms with van der Waals surface area (Å²) in [5, 5.41) is 6.36. The van der Waals surface area contributed by atoms with Crippen molar-refractivity contribution in [2.24, 2.45) is 5.92 Å². The molecule has 2 N–H and O–H groups in total. The van der Waals surface area contributed by atoms with Crippen LogP contribution in [0.5, 0.6) is 5.75 Å². The van der Waals surface area contributed by atoms with Crippen LogP contribution in [-0.2, 0) is 27.2 Å². The molecule has 26 heavy (non-hydrogen) atoms. The lowest BCUT2D eigenvalue weighted by Gasteiger charge is -2.22. The number of hydrogen-bond donors (Lipinski definition) is 2. The summed E-state index contributed by atoms with van der Waals surface area (Å²) in [7, 11) is 3.37. The maximum absolute atomic E-state index is 12.3. The first-order valence-corrected chi connectivity index (χ1v) is 9.45. The number of nitrogens with one attached hydrogen (secondary N) is 2. The number of carbonyl (C=O) groups excluding carboxylic acids is 1.